The number of anilines is 1. The Morgan fingerprint density at radius 3 is 2.86 bits per heavy atom. The predicted molar refractivity (Wildman–Crippen MR) is 76.0 cm³/mol. The van der Waals surface area contributed by atoms with Gasteiger partial charge in [0.05, 0.1) is 6.54 Å². The van der Waals surface area contributed by atoms with Crippen LogP contribution in [0.2, 0.25) is 0 Å². The second-order valence-electron chi connectivity index (χ2n) is 4.62. The van der Waals surface area contributed by atoms with Crippen molar-refractivity contribution in [3.05, 3.63) is 29.8 Å². The Labute approximate surface area is 122 Å². The molecule has 0 spiro atoms. The number of carbonyl (C=O) groups is 3. The summed E-state index contributed by atoms with van der Waals surface area (Å²) in [6.45, 7) is 3.11. The second kappa shape index (κ2) is 6.74. The Morgan fingerprint density at radius 1 is 1.38 bits per heavy atom. The normalized spacial score (nSPS) is 13.8. The average Bonchev–Trinajstić information content (AvgIpc) is 2.84. The maximum Gasteiger partial charge on any atom is 0.409 e. The highest BCUT2D eigenvalue weighted by atomic mass is 16.6. The Hall–Kier alpha value is -2.57. The van der Waals surface area contributed by atoms with Crippen LogP contribution in [0.15, 0.2) is 24.3 Å². The van der Waals surface area contributed by atoms with Gasteiger partial charge in [0.1, 0.15) is 6.61 Å². The molecule has 0 radical (unpaired) electrons. The third-order valence-electron chi connectivity index (χ3n) is 2.96. The van der Waals surface area contributed by atoms with Crippen LogP contribution in [0.4, 0.5) is 10.5 Å². The van der Waals surface area contributed by atoms with Crippen LogP contribution in [0, 0.1) is 0 Å². The minimum Gasteiger partial charge on any atom is -0.448 e. The molecule has 21 heavy (non-hydrogen) atoms. The summed E-state index contributed by atoms with van der Waals surface area (Å²) in [6.07, 6.45) is -0.350. The zero-order valence-corrected chi connectivity index (χ0v) is 11.7. The minimum atomic E-state index is -0.350. The summed E-state index contributed by atoms with van der Waals surface area (Å²) in [4.78, 5) is 35.7. The predicted octanol–water partition coefficient (Wildman–Crippen LogP) is 0.827. The van der Waals surface area contributed by atoms with Crippen molar-refractivity contribution in [2.45, 2.75) is 6.92 Å². The third-order valence-corrected chi connectivity index (χ3v) is 2.96. The van der Waals surface area contributed by atoms with E-state index in [9.17, 15) is 14.4 Å². The van der Waals surface area contributed by atoms with Gasteiger partial charge >= 0.3 is 6.09 Å². The highest BCUT2D eigenvalue weighted by Gasteiger charge is 2.21. The molecular formula is C14H17N3O4. The first-order chi connectivity index (χ1) is 10.1. The lowest BCUT2D eigenvalue weighted by atomic mass is 10.2. The molecule has 1 aliphatic heterocycles. The van der Waals surface area contributed by atoms with Gasteiger partial charge in [0, 0.05) is 31.3 Å². The van der Waals surface area contributed by atoms with Crippen molar-refractivity contribution in [1.29, 1.82) is 0 Å². The fourth-order valence-corrected chi connectivity index (χ4v) is 1.98. The van der Waals surface area contributed by atoms with Gasteiger partial charge in [-0.2, -0.15) is 0 Å². The molecule has 1 heterocycles. The average molecular weight is 291 g/mol. The van der Waals surface area contributed by atoms with Crippen molar-refractivity contribution < 1.29 is 19.1 Å². The van der Waals surface area contributed by atoms with Crippen LogP contribution in [-0.4, -0.2) is 49.0 Å². The first-order valence-corrected chi connectivity index (χ1v) is 6.64. The molecule has 1 aliphatic rings. The first kappa shape index (κ1) is 14.8. The minimum absolute atomic E-state index is 0.194. The first-order valence-electron chi connectivity index (χ1n) is 6.64. The Balaban J connectivity index is 1.85. The van der Waals surface area contributed by atoms with Crippen LogP contribution in [-0.2, 0) is 9.53 Å². The number of carbonyl (C=O) groups excluding carboxylic acids is 3. The molecule has 1 fully saturated rings. The van der Waals surface area contributed by atoms with E-state index in [1.807, 2.05) is 0 Å². The van der Waals surface area contributed by atoms with E-state index >= 15 is 0 Å². The van der Waals surface area contributed by atoms with Crippen molar-refractivity contribution in [2.24, 2.45) is 0 Å². The maximum absolute atomic E-state index is 12.0. The Morgan fingerprint density at radius 2 is 2.19 bits per heavy atom. The van der Waals surface area contributed by atoms with Gasteiger partial charge in [-0.3, -0.25) is 9.59 Å². The van der Waals surface area contributed by atoms with Crippen LogP contribution in [0.3, 0.4) is 0 Å². The van der Waals surface area contributed by atoms with Gasteiger partial charge in [0.2, 0.25) is 5.91 Å². The van der Waals surface area contributed by atoms with E-state index < -0.39 is 0 Å². The van der Waals surface area contributed by atoms with Crippen molar-refractivity contribution in [3.63, 3.8) is 0 Å². The molecule has 112 valence electrons. The highest BCUT2D eigenvalue weighted by molar-refractivity contribution is 5.96. The lowest BCUT2D eigenvalue weighted by Gasteiger charge is -2.13. The van der Waals surface area contributed by atoms with Crippen molar-refractivity contribution in [1.82, 2.24) is 10.2 Å². The quantitative estimate of drug-likeness (QED) is 0.841. The SMILES string of the molecule is CC(=O)Nc1cccc(C(=O)NCCN2CCOC2=O)c1. The molecule has 2 N–H and O–H groups in total. The Bertz CT molecular complexity index is 559. The van der Waals surface area contributed by atoms with Crippen LogP contribution in [0.5, 0.6) is 0 Å². The van der Waals surface area contributed by atoms with Gasteiger partial charge in [0.25, 0.3) is 5.91 Å². The van der Waals surface area contributed by atoms with Gasteiger partial charge in [0.15, 0.2) is 0 Å². The van der Waals surface area contributed by atoms with Gasteiger partial charge in [-0.15, -0.1) is 0 Å². The lowest BCUT2D eigenvalue weighted by Crippen LogP contribution is -2.35. The molecule has 2 rings (SSSR count). The zero-order chi connectivity index (χ0) is 15.2. The smallest absolute Gasteiger partial charge is 0.409 e. The molecule has 7 nitrogen and oxygen atoms in total. The molecule has 0 atom stereocenters. The van der Waals surface area contributed by atoms with Gasteiger partial charge in [-0.25, -0.2) is 4.79 Å². The molecule has 0 saturated carbocycles. The van der Waals surface area contributed by atoms with Crippen LogP contribution in [0.1, 0.15) is 17.3 Å². The molecular weight excluding hydrogens is 274 g/mol. The summed E-state index contributed by atoms with van der Waals surface area (Å²) in [7, 11) is 0. The van der Waals surface area contributed by atoms with Crippen LogP contribution in [0.25, 0.3) is 0 Å². The fourth-order valence-electron chi connectivity index (χ4n) is 1.98. The van der Waals surface area contributed by atoms with Gasteiger partial charge in [-0.05, 0) is 18.2 Å². The topological polar surface area (TPSA) is 87.7 Å². The van der Waals surface area contributed by atoms with Crippen molar-refractivity contribution in [2.75, 3.05) is 31.6 Å². The molecule has 1 saturated heterocycles. The number of nitrogens with zero attached hydrogens (tertiary/aromatic N) is 1. The number of hydrogen-bond donors (Lipinski definition) is 2. The molecule has 7 heteroatoms. The standard InChI is InChI=1S/C14H17N3O4/c1-10(18)16-12-4-2-3-11(9-12)13(19)15-5-6-17-7-8-21-14(17)20/h2-4,9H,5-8H2,1H3,(H,15,19)(H,16,18). The second-order valence-corrected chi connectivity index (χ2v) is 4.62. The van der Waals surface area contributed by atoms with E-state index in [-0.39, 0.29) is 17.9 Å². The number of cyclic esters (lactones) is 1. The van der Waals surface area contributed by atoms with Gasteiger partial charge in [-0.1, -0.05) is 6.07 Å². The fraction of sp³-hybridized carbons (Fsp3) is 0.357. The Kier molecular flexibility index (Phi) is 4.76. The van der Waals surface area contributed by atoms with E-state index in [1.54, 1.807) is 24.3 Å². The number of rotatable bonds is 5. The number of hydrogen-bond acceptors (Lipinski definition) is 4. The molecule has 0 bridgehead atoms. The van der Waals surface area contributed by atoms with Crippen molar-refractivity contribution in [3.8, 4) is 0 Å². The monoisotopic (exact) mass is 291 g/mol. The summed E-state index contributed by atoms with van der Waals surface area (Å²) in [5.41, 5.74) is 1.02. The zero-order valence-electron chi connectivity index (χ0n) is 11.7. The maximum atomic E-state index is 12.0. The van der Waals surface area contributed by atoms with E-state index in [1.165, 1.54) is 11.8 Å². The van der Waals surface area contributed by atoms with Crippen molar-refractivity contribution >= 4 is 23.6 Å². The van der Waals surface area contributed by atoms with E-state index in [2.05, 4.69) is 10.6 Å². The molecule has 3 amide bonds. The number of ether oxygens (including phenoxy) is 1. The highest BCUT2D eigenvalue weighted by Crippen LogP contribution is 2.10. The molecule has 1 aromatic rings. The van der Waals surface area contributed by atoms with E-state index in [0.29, 0.717) is 37.5 Å². The molecule has 0 aromatic heterocycles. The number of amides is 3. The van der Waals surface area contributed by atoms with Crippen LogP contribution < -0.4 is 10.6 Å². The summed E-state index contributed by atoms with van der Waals surface area (Å²) >= 11 is 0. The largest absolute Gasteiger partial charge is 0.448 e. The molecule has 1 aromatic carbocycles. The van der Waals surface area contributed by atoms with E-state index in [4.69, 9.17) is 4.74 Å². The summed E-state index contributed by atoms with van der Waals surface area (Å²) in [5.74, 6) is -0.449. The van der Waals surface area contributed by atoms with Crippen LogP contribution >= 0.6 is 0 Å². The summed E-state index contributed by atoms with van der Waals surface area (Å²) in [6, 6.07) is 6.65. The van der Waals surface area contributed by atoms with E-state index in [0.717, 1.165) is 0 Å². The number of benzene rings is 1. The van der Waals surface area contributed by atoms with Gasteiger partial charge < -0.3 is 20.3 Å². The lowest BCUT2D eigenvalue weighted by molar-refractivity contribution is -0.114. The summed E-state index contributed by atoms with van der Waals surface area (Å²) in [5, 5.41) is 5.34. The third kappa shape index (κ3) is 4.20. The summed E-state index contributed by atoms with van der Waals surface area (Å²) < 4.78 is 4.79. The number of nitrogens with one attached hydrogen (secondary N) is 2. The molecule has 0 aliphatic carbocycles. The molecule has 0 unspecified atom stereocenters.